The molecule has 390 valence electrons. The zero-order valence-corrected chi connectivity index (χ0v) is 43.9. The zero-order chi connectivity index (χ0) is 55.2. The van der Waals surface area contributed by atoms with Gasteiger partial charge in [0.25, 0.3) is 40.5 Å². The summed E-state index contributed by atoms with van der Waals surface area (Å²) < 4.78 is 138. The number of phenols is 1. The molecule has 0 radical (unpaired) electrons. The van der Waals surface area contributed by atoms with Gasteiger partial charge in [-0.05, 0) is 183 Å². The van der Waals surface area contributed by atoms with Gasteiger partial charge in [-0.15, -0.1) is 10.2 Å². The van der Waals surface area contributed by atoms with Gasteiger partial charge < -0.3 is 10.4 Å². The van der Waals surface area contributed by atoms with Crippen LogP contribution < -0.4 is 5.32 Å². The molecule has 26 heteroatoms. The third-order valence-electron chi connectivity index (χ3n) is 11.8. The summed E-state index contributed by atoms with van der Waals surface area (Å²) in [6, 6.07) is 28.4. The van der Waals surface area contributed by atoms with E-state index < -0.39 is 88.0 Å². The first kappa shape index (κ1) is 54.2. The van der Waals surface area contributed by atoms with Gasteiger partial charge >= 0.3 is 0 Å². The molecule has 6 N–H and O–H groups in total. The molecule has 0 aromatic heterocycles. The molecular weight excluding hydrogens is 1060 g/mol. The van der Waals surface area contributed by atoms with Crippen LogP contribution in [0.2, 0.25) is 0 Å². The van der Waals surface area contributed by atoms with E-state index in [1.807, 2.05) is 44.2 Å². The fourth-order valence-electron chi connectivity index (χ4n) is 7.81. The molecule has 0 atom stereocenters. The number of nitrogens with zero attached hydrogens (tertiary/aromatic N) is 8. The number of benzene rings is 8. The average Bonchev–Trinajstić information content (AvgIpc) is 3.39. The van der Waals surface area contributed by atoms with Gasteiger partial charge in [-0.2, -0.15) is 64.4 Å². The van der Waals surface area contributed by atoms with E-state index in [0.717, 1.165) is 23.9 Å². The minimum absolute atomic E-state index is 0.211. The predicted octanol–water partition coefficient (Wildman–Crippen LogP) is 13.9. The van der Waals surface area contributed by atoms with Gasteiger partial charge in [-0.25, -0.2) is 0 Å². The Morgan fingerprint density at radius 1 is 0.355 bits per heavy atom. The molecule has 8 rings (SSSR count). The smallest absolute Gasteiger partial charge is 0.296 e. The summed E-state index contributed by atoms with van der Waals surface area (Å²) in [6.45, 7) is 10.5. The standard InChI is InChI=1S/C50H43N9O13S4/c1-26-15-40(53-55-42-18-31(6)44(19-30(42)5)57-59-49-48(76(70,71)72)23-32-20-35(12-13-37(32)50(49)60)51-34-10-8-7-9-11-34)27(2)14-39(26)52-54-41-16-29(4)43(17-28(41)3)56-58-45-25-38-33(22-47(45)75(67,68)69)21-36(73(61,62)63)24-46(38)74(64,65)66/h7-25,51,60H,1-6H3,(H,61,62,63)(H,64,65,66)(H,67,68,69)(H,70,71,72). The summed E-state index contributed by atoms with van der Waals surface area (Å²) >= 11 is 0. The number of azo groups is 4. The first-order valence-corrected chi connectivity index (χ1v) is 28.0. The number of rotatable bonds is 14. The Morgan fingerprint density at radius 2 is 0.750 bits per heavy atom. The van der Waals surface area contributed by atoms with Crippen LogP contribution in [0.3, 0.4) is 0 Å². The number of anilines is 2. The lowest BCUT2D eigenvalue weighted by atomic mass is 10.1. The van der Waals surface area contributed by atoms with Gasteiger partial charge in [0, 0.05) is 22.1 Å². The van der Waals surface area contributed by atoms with Gasteiger partial charge in [0.2, 0.25) is 0 Å². The molecule has 22 nitrogen and oxygen atoms in total. The van der Waals surface area contributed by atoms with Crippen molar-refractivity contribution < 1.29 is 57.0 Å². The Morgan fingerprint density at radius 3 is 1.17 bits per heavy atom. The summed E-state index contributed by atoms with van der Waals surface area (Å²) in [4.78, 5) is -3.47. The Kier molecular flexibility index (Phi) is 14.7. The van der Waals surface area contributed by atoms with Crippen LogP contribution in [0.25, 0.3) is 21.5 Å². The number of fused-ring (bicyclic) bond motifs is 2. The number of aromatic hydroxyl groups is 1. The van der Waals surface area contributed by atoms with Crippen LogP contribution in [0, 0.1) is 41.5 Å². The third-order valence-corrected chi connectivity index (χ3v) is 15.3. The average molecular weight is 1110 g/mol. The van der Waals surface area contributed by atoms with Crippen LogP contribution in [-0.2, 0) is 40.5 Å². The maximum atomic E-state index is 12.6. The third kappa shape index (κ3) is 11.9. The first-order chi connectivity index (χ1) is 35.5. The molecule has 76 heavy (non-hydrogen) atoms. The molecule has 0 aliphatic carbocycles. The quantitative estimate of drug-likeness (QED) is 0.0435. The van der Waals surface area contributed by atoms with E-state index in [1.54, 1.807) is 82.3 Å². The van der Waals surface area contributed by atoms with Crippen molar-refractivity contribution in [2.75, 3.05) is 5.32 Å². The maximum absolute atomic E-state index is 12.6. The number of phenolic OH excluding ortho intramolecular Hbond substituents is 1. The minimum Gasteiger partial charge on any atom is -0.505 e. The van der Waals surface area contributed by atoms with E-state index in [2.05, 4.69) is 46.2 Å². The van der Waals surface area contributed by atoms with E-state index >= 15 is 0 Å². The highest BCUT2D eigenvalue weighted by molar-refractivity contribution is 7.87. The Hall–Kier alpha value is -8.08. The molecule has 0 unspecified atom stereocenters. The van der Waals surface area contributed by atoms with E-state index in [1.165, 1.54) is 6.07 Å². The molecule has 0 aliphatic heterocycles. The van der Waals surface area contributed by atoms with Crippen molar-refractivity contribution in [2.45, 2.75) is 61.1 Å². The predicted molar refractivity (Wildman–Crippen MR) is 283 cm³/mol. The van der Waals surface area contributed by atoms with Crippen LogP contribution in [0.15, 0.2) is 176 Å². The number of hydrogen-bond acceptors (Lipinski definition) is 18. The molecular formula is C50H43N9O13S4. The first-order valence-electron chi connectivity index (χ1n) is 22.2. The van der Waals surface area contributed by atoms with Crippen LogP contribution in [0.4, 0.5) is 56.9 Å². The number of para-hydroxylation sites is 1. The topological polar surface area (TPSA) is 349 Å². The van der Waals surface area contributed by atoms with Crippen LogP contribution in [-0.4, -0.2) is 57.0 Å². The van der Waals surface area contributed by atoms with E-state index in [9.17, 15) is 57.0 Å². The van der Waals surface area contributed by atoms with E-state index in [-0.39, 0.29) is 11.1 Å². The highest BCUT2D eigenvalue weighted by Crippen LogP contribution is 2.44. The molecule has 0 amide bonds. The van der Waals surface area contributed by atoms with Crippen molar-refractivity contribution in [3.05, 3.63) is 149 Å². The number of hydrogen-bond donors (Lipinski definition) is 6. The second kappa shape index (κ2) is 20.6. The summed E-state index contributed by atoms with van der Waals surface area (Å²) in [5.74, 6) is -0.489. The largest absolute Gasteiger partial charge is 0.505 e. The van der Waals surface area contributed by atoms with E-state index in [0.29, 0.717) is 79.0 Å². The molecule has 0 heterocycles. The van der Waals surface area contributed by atoms with Crippen LogP contribution in [0.5, 0.6) is 5.75 Å². The fraction of sp³-hybridized carbons (Fsp3) is 0.120. The Labute approximate surface area is 435 Å². The number of nitrogens with one attached hydrogen (secondary N) is 1. The Balaban J connectivity index is 1.01. The summed E-state index contributed by atoms with van der Waals surface area (Å²) in [5.41, 5.74) is 6.61. The molecule has 0 bridgehead atoms. The monoisotopic (exact) mass is 1110 g/mol. The fourth-order valence-corrected chi connectivity index (χ4v) is 10.5. The number of aryl methyl sites for hydroxylation is 6. The Bertz CT molecular complexity index is 4340. The molecule has 0 saturated carbocycles. The van der Waals surface area contributed by atoms with Gasteiger partial charge in [0.15, 0.2) is 5.75 Å². The lowest BCUT2D eigenvalue weighted by Gasteiger charge is -2.12. The van der Waals surface area contributed by atoms with Gasteiger partial charge in [0.1, 0.15) is 26.1 Å². The summed E-state index contributed by atoms with van der Waals surface area (Å²) in [7, 11) is -20.1. The second-order valence-electron chi connectivity index (χ2n) is 17.4. The van der Waals surface area contributed by atoms with Crippen molar-refractivity contribution in [3.8, 4) is 5.75 Å². The highest BCUT2D eigenvalue weighted by atomic mass is 32.2. The summed E-state index contributed by atoms with van der Waals surface area (Å²) in [6.07, 6.45) is 0. The van der Waals surface area contributed by atoms with Crippen molar-refractivity contribution in [3.63, 3.8) is 0 Å². The maximum Gasteiger partial charge on any atom is 0.296 e. The minimum atomic E-state index is -5.15. The van der Waals surface area contributed by atoms with Crippen molar-refractivity contribution >= 4 is 119 Å². The van der Waals surface area contributed by atoms with Gasteiger partial charge in [0.05, 0.1) is 39.0 Å². The zero-order valence-electron chi connectivity index (χ0n) is 40.7. The highest BCUT2D eigenvalue weighted by Gasteiger charge is 2.26. The molecule has 8 aromatic carbocycles. The lowest BCUT2D eigenvalue weighted by Crippen LogP contribution is -2.05. The SMILES string of the molecule is Cc1cc(N=Nc2cc(C)c(N=Nc3c(S(=O)(=O)O)cc4cc(Nc5ccccc5)ccc4c3O)cc2C)c(C)cc1N=Nc1cc(C)c(N=Nc2cc3c(S(=O)(=O)O)cc(S(=O)(=O)O)cc3cc2S(=O)(=O)O)cc1C. The van der Waals surface area contributed by atoms with Crippen LogP contribution >= 0.6 is 0 Å². The lowest BCUT2D eigenvalue weighted by molar-refractivity contribution is 0.472. The van der Waals surface area contributed by atoms with Crippen molar-refractivity contribution in [1.29, 1.82) is 0 Å². The summed E-state index contributed by atoms with van der Waals surface area (Å²) in [5, 5.41) is 48.7. The molecule has 0 saturated heterocycles. The van der Waals surface area contributed by atoms with Crippen LogP contribution in [0.1, 0.15) is 33.4 Å². The molecule has 0 aliphatic rings. The van der Waals surface area contributed by atoms with Crippen molar-refractivity contribution in [2.24, 2.45) is 40.9 Å². The van der Waals surface area contributed by atoms with Gasteiger partial charge in [-0.3, -0.25) is 18.2 Å². The normalized spacial score (nSPS) is 12.9. The van der Waals surface area contributed by atoms with Crippen molar-refractivity contribution in [1.82, 2.24) is 0 Å². The second-order valence-corrected chi connectivity index (χ2v) is 23.0. The van der Waals surface area contributed by atoms with E-state index in [4.69, 9.17) is 0 Å². The molecule has 8 aromatic rings. The molecule has 0 fully saturated rings. The van der Waals surface area contributed by atoms with Gasteiger partial charge in [-0.1, -0.05) is 18.2 Å². The molecule has 0 spiro atoms.